The lowest BCUT2D eigenvalue weighted by Gasteiger charge is -2.24. The number of hydrogen-bond acceptors (Lipinski definition) is 7. The van der Waals surface area contributed by atoms with E-state index in [0.29, 0.717) is 47.3 Å². The van der Waals surface area contributed by atoms with Crippen molar-refractivity contribution in [3.05, 3.63) is 65.5 Å². The lowest BCUT2D eigenvalue weighted by Crippen LogP contribution is -2.21. The third-order valence-corrected chi connectivity index (χ3v) is 5.77. The molecule has 1 aliphatic carbocycles. The summed E-state index contributed by atoms with van der Waals surface area (Å²) in [6, 6.07) is 13.5. The number of hydrogen-bond donors (Lipinski definition) is 0. The van der Waals surface area contributed by atoms with E-state index in [1.807, 2.05) is 42.5 Å². The zero-order valence-electron chi connectivity index (χ0n) is 18.0. The third kappa shape index (κ3) is 3.33. The summed E-state index contributed by atoms with van der Waals surface area (Å²) >= 11 is 0. The number of rotatable bonds is 5. The number of aromatic nitrogens is 4. The van der Waals surface area contributed by atoms with Gasteiger partial charge in [-0.05, 0) is 30.0 Å². The zero-order valence-corrected chi connectivity index (χ0v) is 18.0. The maximum Gasteiger partial charge on any atom is 0.252 e. The van der Waals surface area contributed by atoms with Gasteiger partial charge in [0, 0.05) is 18.2 Å². The van der Waals surface area contributed by atoms with Gasteiger partial charge in [0.15, 0.2) is 23.1 Å². The number of fused-ring (bicyclic) bond motifs is 2. The van der Waals surface area contributed by atoms with Crippen LogP contribution in [0.5, 0.6) is 17.2 Å². The third-order valence-electron chi connectivity index (χ3n) is 5.77. The summed E-state index contributed by atoms with van der Waals surface area (Å²) < 4.78 is 18.0. The van der Waals surface area contributed by atoms with Gasteiger partial charge in [-0.3, -0.25) is 4.79 Å². The highest BCUT2D eigenvalue weighted by Gasteiger charge is 2.30. The Kier molecular flexibility index (Phi) is 4.97. The fraction of sp³-hybridized carbons (Fsp3) is 0.250. The van der Waals surface area contributed by atoms with Crippen LogP contribution in [0, 0.1) is 0 Å². The maximum atomic E-state index is 13.0. The second-order valence-corrected chi connectivity index (χ2v) is 7.63. The highest BCUT2D eigenvalue weighted by Crippen LogP contribution is 2.42. The summed E-state index contributed by atoms with van der Waals surface area (Å²) in [5.74, 6) is 2.67. The molecule has 0 saturated heterocycles. The molecule has 0 saturated carbocycles. The monoisotopic (exact) mass is 430 g/mol. The second-order valence-electron chi connectivity index (χ2n) is 7.63. The molecule has 0 N–H and O–H groups in total. The molecule has 1 atom stereocenters. The van der Waals surface area contributed by atoms with Gasteiger partial charge in [0.1, 0.15) is 0 Å². The molecule has 4 aromatic rings. The van der Waals surface area contributed by atoms with Crippen molar-refractivity contribution in [2.24, 2.45) is 0 Å². The normalized spacial score (nSPS) is 15.5. The largest absolute Gasteiger partial charge is 0.493 e. The number of ketones is 1. The predicted octanol–water partition coefficient (Wildman–Crippen LogP) is 3.73. The van der Waals surface area contributed by atoms with Crippen LogP contribution in [0.2, 0.25) is 0 Å². The Morgan fingerprint density at radius 2 is 1.66 bits per heavy atom. The quantitative estimate of drug-likeness (QED) is 0.477. The number of nitrogens with zero attached hydrogens (tertiary/aromatic N) is 4. The molecule has 2 aromatic heterocycles. The van der Waals surface area contributed by atoms with E-state index in [2.05, 4.69) is 15.1 Å². The Morgan fingerprint density at radius 3 is 2.31 bits per heavy atom. The molecular weight excluding hydrogens is 408 g/mol. The van der Waals surface area contributed by atoms with E-state index in [-0.39, 0.29) is 11.7 Å². The standard InChI is InChI=1S/C24H22N4O4/c1-30-20-11-16(12-21(31-2)22(20)32-3)15-9-18-17(19(29)10-15)13-28-24(25-18)26-23(27-28)14-7-5-4-6-8-14/h4-8,11-13,15H,9-10H2,1-3H3. The summed E-state index contributed by atoms with van der Waals surface area (Å²) in [6.45, 7) is 0. The van der Waals surface area contributed by atoms with E-state index in [9.17, 15) is 4.79 Å². The molecule has 162 valence electrons. The summed E-state index contributed by atoms with van der Waals surface area (Å²) in [6.07, 6.45) is 2.70. The van der Waals surface area contributed by atoms with Gasteiger partial charge >= 0.3 is 0 Å². The van der Waals surface area contributed by atoms with Crippen molar-refractivity contribution in [3.8, 4) is 28.6 Å². The molecule has 0 fully saturated rings. The van der Waals surface area contributed by atoms with Gasteiger partial charge in [-0.1, -0.05) is 30.3 Å². The first-order valence-corrected chi connectivity index (χ1v) is 10.3. The molecule has 0 bridgehead atoms. The molecule has 8 heteroatoms. The predicted molar refractivity (Wildman–Crippen MR) is 118 cm³/mol. The summed E-state index contributed by atoms with van der Waals surface area (Å²) in [5, 5.41) is 4.51. The molecule has 32 heavy (non-hydrogen) atoms. The highest BCUT2D eigenvalue weighted by atomic mass is 16.5. The number of ether oxygens (including phenoxy) is 3. The molecule has 0 amide bonds. The van der Waals surface area contributed by atoms with Gasteiger partial charge in [-0.25, -0.2) is 9.50 Å². The molecule has 5 rings (SSSR count). The Hall–Kier alpha value is -3.94. The molecule has 0 spiro atoms. The number of carbonyl (C=O) groups excluding carboxylic acids is 1. The topological polar surface area (TPSA) is 87.8 Å². The minimum atomic E-state index is -0.0600. The van der Waals surface area contributed by atoms with Crippen LogP contribution in [-0.2, 0) is 6.42 Å². The van der Waals surface area contributed by atoms with E-state index < -0.39 is 0 Å². The first-order valence-electron chi connectivity index (χ1n) is 10.3. The van der Waals surface area contributed by atoms with Crippen LogP contribution in [-0.4, -0.2) is 46.7 Å². The number of carbonyl (C=O) groups is 1. The smallest absolute Gasteiger partial charge is 0.252 e. The SMILES string of the molecule is COc1cc(C2CC(=O)c3cn4nc(-c5ccccc5)nc4nc3C2)cc(OC)c1OC. The van der Waals surface area contributed by atoms with Crippen LogP contribution < -0.4 is 14.2 Å². The Bertz CT molecular complexity index is 1290. The van der Waals surface area contributed by atoms with Crippen molar-refractivity contribution in [1.82, 2.24) is 19.6 Å². The highest BCUT2D eigenvalue weighted by molar-refractivity contribution is 5.98. The van der Waals surface area contributed by atoms with E-state index >= 15 is 0 Å². The van der Waals surface area contributed by atoms with Crippen LogP contribution in [0.4, 0.5) is 0 Å². The molecule has 1 unspecified atom stereocenters. The molecule has 1 aliphatic rings. The maximum absolute atomic E-state index is 13.0. The van der Waals surface area contributed by atoms with Crippen molar-refractivity contribution in [2.75, 3.05) is 21.3 Å². The molecular formula is C24H22N4O4. The lowest BCUT2D eigenvalue weighted by atomic mass is 9.82. The van der Waals surface area contributed by atoms with Crippen molar-refractivity contribution < 1.29 is 19.0 Å². The minimum absolute atomic E-state index is 0.0242. The fourth-order valence-electron chi connectivity index (χ4n) is 4.17. The number of methoxy groups -OCH3 is 3. The van der Waals surface area contributed by atoms with Crippen LogP contribution in [0.25, 0.3) is 17.2 Å². The minimum Gasteiger partial charge on any atom is -0.493 e. The van der Waals surface area contributed by atoms with E-state index in [0.717, 1.165) is 16.8 Å². The number of benzene rings is 2. The first-order chi connectivity index (χ1) is 15.6. The van der Waals surface area contributed by atoms with Crippen molar-refractivity contribution in [2.45, 2.75) is 18.8 Å². The van der Waals surface area contributed by atoms with E-state index in [1.54, 1.807) is 32.0 Å². The molecule has 2 aromatic carbocycles. The Labute approximate surface area is 184 Å². The van der Waals surface area contributed by atoms with Gasteiger partial charge in [-0.2, -0.15) is 4.98 Å². The van der Waals surface area contributed by atoms with Gasteiger partial charge in [0.2, 0.25) is 5.75 Å². The fourth-order valence-corrected chi connectivity index (χ4v) is 4.17. The first kappa shape index (κ1) is 20.0. The van der Waals surface area contributed by atoms with E-state index in [4.69, 9.17) is 14.2 Å². The van der Waals surface area contributed by atoms with Gasteiger partial charge in [0.25, 0.3) is 5.78 Å². The Morgan fingerprint density at radius 1 is 0.938 bits per heavy atom. The van der Waals surface area contributed by atoms with Crippen LogP contribution >= 0.6 is 0 Å². The molecule has 0 aliphatic heterocycles. The summed E-state index contributed by atoms with van der Waals surface area (Å²) in [7, 11) is 4.73. The number of Topliss-reactive ketones (excluding diaryl/α,β-unsaturated/α-hetero) is 1. The second kappa shape index (κ2) is 7.96. The van der Waals surface area contributed by atoms with Crippen molar-refractivity contribution in [3.63, 3.8) is 0 Å². The summed E-state index contributed by atoms with van der Waals surface area (Å²) in [5.41, 5.74) is 3.15. The molecule has 8 nitrogen and oxygen atoms in total. The van der Waals surface area contributed by atoms with Gasteiger partial charge in [0.05, 0.1) is 32.6 Å². The van der Waals surface area contributed by atoms with Crippen LogP contribution in [0.3, 0.4) is 0 Å². The van der Waals surface area contributed by atoms with E-state index in [1.165, 1.54) is 0 Å². The summed E-state index contributed by atoms with van der Waals surface area (Å²) in [4.78, 5) is 22.3. The van der Waals surface area contributed by atoms with Crippen LogP contribution in [0.1, 0.15) is 34.0 Å². The lowest BCUT2D eigenvalue weighted by molar-refractivity contribution is 0.0962. The zero-order chi connectivity index (χ0) is 22.2. The average molecular weight is 430 g/mol. The van der Waals surface area contributed by atoms with Crippen LogP contribution in [0.15, 0.2) is 48.7 Å². The molecule has 2 heterocycles. The average Bonchev–Trinajstić information content (AvgIpc) is 3.25. The van der Waals surface area contributed by atoms with Gasteiger partial charge < -0.3 is 14.2 Å². The molecule has 0 radical (unpaired) electrons. The van der Waals surface area contributed by atoms with Crippen molar-refractivity contribution >= 4 is 11.6 Å². The van der Waals surface area contributed by atoms with Crippen molar-refractivity contribution in [1.29, 1.82) is 0 Å². The Balaban J connectivity index is 1.54. The van der Waals surface area contributed by atoms with Gasteiger partial charge in [-0.15, -0.1) is 5.10 Å².